The lowest BCUT2D eigenvalue weighted by Gasteiger charge is -2.19. The van der Waals surface area contributed by atoms with Crippen LogP contribution in [0.3, 0.4) is 0 Å². The van der Waals surface area contributed by atoms with Gasteiger partial charge in [0.15, 0.2) is 5.82 Å². The minimum absolute atomic E-state index is 0.306. The SMILES string of the molecule is CN(c1ccccc1F)c1ncc(N)cc1C#N. The number of anilines is 3. The summed E-state index contributed by atoms with van der Waals surface area (Å²) in [6.45, 7) is 0. The van der Waals surface area contributed by atoms with Gasteiger partial charge in [0, 0.05) is 7.05 Å². The van der Waals surface area contributed by atoms with Crippen molar-refractivity contribution in [3.8, 4) is 6.07 Å². The van der Waals surface area contributed by atoms with E-state index in [0.717, 1.165) is 0 Å². The van der Waals surface area contributed by atoms with Crippen LogP contribution in [0.25, 0.3) is 0 Å². The maximum Gasteiger partial charge on any atom is 0.150 e. The molecule has 0 radical (unpaired) electrons. The van der Waals surface area contributed by atoms with E-state index in [1.807, 2.05) is 6.07 Å². The average Bonchev–Trinajstić information content (AvgIpc) is 2.38. The highest BCUT2D eigenvalue weighted by Gasteiger charge is 2.14. The van der Waals surface area contributed by atoms with Crippen molar-refractivity contribution < 1.29 is 4.39 Å². The fourth-order valence-corrected chi connectivity index (χ4v) is 1.66. The minimum atomic E-state index is -0.373. The number of nitrogens with zero attached hydrogens (tertiary/aromatic N) is 3. The fraction of sp³-hybridized carbons (Fsp3) is 0.0769. The lowest BCUT2D eigenvalue weighted by molar-refractivity contribution is 0.627. The summed E-state index contributed by atoms with van der Waals surface area (Å²) in [6.07, 6.45) is 1.44. The molecule has 2 aromatic rings. The van der Waals surface area contributed by atoms with Crippen LogP contribution in [-0.2, 0) is 0 Å². The van der Waals surface area contributed by atoms with Crippen molar-refractivity contribution in [1.82, 2.24) is 4.98 Å². The third-order valence-corrected chi connectivity index (χ3v) is 2.54. The zero-order valence-electron chi connectivity index (χ0n) is 9.76. The van der Waals surface area contributed by atoms with Gasteiger partial charge in [-0.25, -0.2) is 9.37 Å². The van der Waals surface area contributed by atoms with Crippen molar-refractivity contribution in [1.29, 1.82) is 5.26 Å². The summed E-state index contributed by atoms with van der Waals surface area (Å²) in [5.74, 6) is -0.000634. The second-order valence-corrected chi connectivity index (χ2v) is 3.76. The molecule has 0 bridgehead atoms. The van der Waals surface area contributed by atoms with Crippen LogP contribution in [-0.4, -0.2) is 12.0 Å². The van der Waals surface area contributed by atoms with E-state index in [4.69, 9.17) is 11.0 Å². The Labute approximate surface area is 104 Å². The molecule has 0 spiro atoms. The molecular formula is C13H11FN4. The first-order valence-electron chi connectivity index (χ1n) is 5.27. The Balaban J connectivity index is 2.50. The van der Waals surface area contributed by atoms with Gasteiger partial charge >= 0.3 is 0 Å². The second-order valence-electron chi connectivity index (χ2n) is 3.76. The fourth-order valence-electron chi connectivity index (χ4n) is 1.66. The van der Waals surface area contributed by atoms with E-state index in [9.17, 15) is 4.39 Å². The van der Waals surface area contributed by atoms with Gasteiger partial charge in [-0.3, -0.25) is 0 Å². The van der Waals surface area contributed by atoms with Gasteiger partial charge in [0.05, 0.1) is 23.1 Å². The average molecular weight is 242 g/mol. The predicted molar refractivity (Wildman–Crippen MR) is 67.8 cm³/mol. The molecule has 0 fully saturated rings. The van der Waals surface area contributed by atoms with E-state index in [1.54, 1.807) is 25.2 Å². The maximum absolute atomic E-state index is 13.7. The molecule has 90 valence electrons. The lowest BCUT2D eigenvalue weighted by Crippen LogP contribution is -2.14. The monoisotopic (exact) mass is 242 g/mol. The van der Waals surface area contributed by atoms with Gasteiger partial charge in [-0.15, -0.1) is 0 Å². The van der Waals surface area contributed by atoms with Crippen LogP contribution in [0.4, 0.5) is 21.6 Å². The van der Waals surface area contributed by atoms with Crippen LogP contribution in [0.1, 0.15) is 5.56 Å². The number of para-hydroxylation sites is 1. The Kier molecular flexibility index (Phi) is 3.11. The highest BCUT2D eigenvalue weighted by atomic mass is 19.1. The Morgan fingerprint density at radius 3 is 2.78 bits per heavy atom. The van der Waals surface area contributed by atoms with Gasteiger partial charge in [0.2, 0.25) is 0 Å². The number of hydrogen-bond acceptors (Lipinski definition) is 4. The highest BCUT2D eigenvalue weighted by molar-refractivity contribution is 5.67. The largest absolute Gasteiger partial charge is 0.397 e. The van der Waals surface area contributed by atoms with Crippen molar-refractivity contribution in [2.45, 2.75) is 0 Å². The van der Waals surface area contributed by atoms with E-state index < -0.39 is 0 Å². The van der Waals surface area contributed by atoms with E-state index in [1.165, 1.54) is 23.2 Å². The van der Waals surface area contributed by atoms with Crippen LogP contribution in [0.15, 0.2) is 36.5 Å². The first-order valence-corrected chi connectivity index (χ1v) is 5.27. The Morgan fingerprint density at radius 1 is 1.39 bits per heavy atom. The maximum atomic E-state index is 13.7. The number of halogens is 1. The Hall–Kier alpha value is -2.61. The van der Waals surface area contributed by atoms with Crippen molar-refractivity contribution >= 4 is 17.2 Å². The van der Waals surface area contributed by atoms with Crippen LogP contribution in [0.5, 0.6) is 0 Å². The van der Waals surface area contributed by atoms with Crippen LogP contribution < -0.4 is 10.6 Å². The molecule has 4 nitrogen and oxygen atoms in total. The number of nitrogens with two attached hydrogens (primary N) is 1. The smallest absolute Gasteiger partial charge is 0.150 e. The topological polar surface area (TPSA) is 65.9 Å². The number of rotatable bonds is 2. The van der Waals surface area contributed by atoms with Gasteiger partial charge in [-0.05, 0) is 18.2 Å². The summed E-state index contributed by atoms with van der Waals surface area (Å²) in [5.41, 5.74) is 6.63. The molecule has 0 saturated carbocycles. The van der Waals surface area contributed by atoms with E-state index in [-0.39, 0.29) is 5.82 Å². The normalized spacial score (nSPS) is 9.83. The van der Waals surface area contributed by atoms with Crippen molar-refractivity contribution in [2.24, 2.45) is 0 Å². The van der Waals surface area contributed by atoms with Crippen molar-refractivity contribution in [3.63, 3.8) is 0 Å². The Bertz CT molecular complexity index is 619. The summed E-state index contributed by atoms with van der Waals surface area (Å²) in [6, 6.07) is 9.82. The van der Waals surface area contributed by atoms with E-state index >= 15 is 0 Å². The number of aromatic nitrogens is 1. The van der Waals surface area contributed by atoms with Crippen LogP contribution in [0.2, 0.25) is 0 Å². The molecule has 1 aromatic heterocycles. The number of nitriles is 1. The van der Waals surface area contributed by atoms with Gasteiger partial charge < -0.3 is 10.6 Å². The molecule has 1 aromatic carbocycles. The summed E-state index contributed by atoms with van der Waals surface area (Å²) in [4.78, 5) is 5.60. The standard InChI is InChI=1S/C13H11FN4/c1-18(12-5-3-2-4-11(12)14)13-9(7-15)6-10(16)8-17-13/h2-6,8H,16H2,1H3. The molecule has 0 atom stereocenters. The molecule has 0 unspecified atom stereocenters. The minimum Gasteiger partial charge on any atom is -0.397 e. The van der Waals surface area contributed by atoms with Gasteiger partial charge in [-0.2, -0.15) is 5.26 Å². The molecule has 18 heavy (non-hydrogen) atoms. The third-order valence-electron chi connectivity index (χ3n) is 2.54. The van der Waals surface area contributed by atoms with Crippen LogP contribution in [0, 0.1) is 17.1 Å². The Morgan fingerprint density at radius 2 is 2.11 bits per heavy atom. The third kappa shape index (κ3) is 2.09. The molecule has 2 N–H and O–H groups in total. The number of pyridine rings is 1. The lowest BCUT2D eigenvalue weighted by atomic mass is 10.2. The molecule has 0 aliphatic heterocycles. The molecule has 0 aliphatic rings. The molecule has 0 aliphatic carbocycles. The predicted octanol–water partition coefficient (Wildman–Crippen LogP) is 2.44. The van der Waals surface area contributed by atoms with Gasteiger partial charge in [-0.1, -0.05) is 12.1 Å². The van der Waals surface area contributed by atoms with Crippen LogP contribution >= 0.6 is 0 Å². The molecular weight excluding hydrogens is 231 g/mol. The van der Waals surface area contributed by atoms with Crippen molar-refractivity contribution in [3.05, 3.63) is 47.9 Å². The summed E-state index contributed by atoms with van der Waals surface area (Å²) in [5, 5.41) is 9.04. The summed E-state index contributed by atoms with van der Waals surface area (Å²) >= 11 is 0. The summed E-state index contributed by atoms with van der Waals surface area (Å²) in [7, 11) is 1.65. The second kappa shape index (κ2) is 4.72. The molecule has 2 rings (SSSR count). The zero-order chi connectivity index (χ0) is 13.1. The number of hydrogen-bond donors (Lipinski definition) is 1. The van der Waals surface area contributed by atoms with Gasteiger partial charge in [0.25, 0.3) is 0 Å². The van der Waals surface area contributed by atoms with Gasteiger partial charge in [0.1, 0.15) is 11.9 Å². The van der Waals surface area contributed by atoms with Crippen molar-refractivity contribution in [2.75, 3.05) is 17.7 Å². The molecule has 1 heterocycles. The number of nitrogen functional groups attached to an aromatic ring is 1. The first-order chi connectivity index (χ1) is 8.63. The molecule has 0 amide bonds. The van der Waals surface area contributed by atoms with E-state index in [0.29, 0.717) is 22.8 Å². The molecule has 5 heteroatoms. The zero-order valence-corrected chi connectivity index (χ0v) is 9.76. The van der Waals surface area contributed by atoms with E-state index in [2.05, 4.69) is 4.98 Å². The quantitative estimate of drug-likeness (QED) is 0.878. The first kappa shape index (κ1) is 11.9. The summed E-state index contributed by atoms with van der Waals surface area (Å²) < 4.78 is 13.7. The number of benzene rings is 1. The highest BCUT2D eigenvalue weighted by Crippen LogP contribution is 2.27. The molecule has 0 saturated heterocycles.